The second-order valence-corrected chi connectivity index (χ2v) is 11.9. The highest BCUT2D eigenvalue weighted by Gasteiger charge is 2.47. The molecule has 0 bridgehead atoms. The summed E-state index contributed by atoms with van der Waals surface area (Å²) in [4.78, 5) is 24.7. The van der Waals surface area contributed by atoms with Crippen molar-refractivity contribution in [2.24, 2.45) is 46.8 Å². The van der Waals surface area contributed by atoms with Crippen LogP contribution in [0.2, 0.25) is 0 Å². The van der Waals surface area contributed by atoms with Crippen molar-refractivity contribution in [3.63, 3.8) is 0 Å². The van der Waals surface area contributed by atoms with E-state index in [0.717, 1.165) is 6.42 Å². The van der Waals surface area contributed by atoms with Crippen molar-refractivity contribution in [3.05, 3.63) is 0 Å². The Morgan fingerprint density at radius 3 is 2.16 bits per heavy atom. The van der Waals surface area contributed by atoms with E-state index >= 15 is 0 Å². The van der Waals surface area contributed by atoms with Crippen LogP contribution in [0.25, 0.3) is 0 Å². The molecule has 4 nitrogen and oxygen atoms in total. The van der Waals surface area contributed by atoms with Crippen molar-refractivity contribution >= 4 is 11.9 Å². The quantitative estimate of drug-likeness (QED) is 0.264. The second-order valence-electron chi connectivity index (χ2n) is 11.9. The summed E-state index contributed by atoms with van der Waals surface area (Å²) >= 11 is 0. The number of carbonyl (C=O) groups excluding carboxylic acids is 1. The van der Waals surface area contributed by atoms with Crippen LogP contribution in [0.15, 0.2) is 0 Å². The molecule has 7 atom stereocenters. The van der Waals surface area contributed by atoms with Crippen LogP contribution in [-0.2, 0) is 14.3 Å². The Kier molecular flexibility index (Phi) is 10.5. The van der Waals surface area contributed by atoms with Crippen molar-refractivity contribution in [2.75, 3.05) is 6.61 Å². The van der Waals surface area contributed by atoms with Crippen LogP contribution in [0.3, 0.4) is 0 Å². The van der Waals surface area contributed by atoms with E-state index in [4.69, 9.17) is 4.74 Å². The van der Waals surface area contributed by atoms with Gasteiger partial charge in [0.05, 0.1) is 18.4 Å². The molecule has 0 aromatic carbocycles. The molecule has 0 saturated heterocycles. The van der Waals surface area contributed by atoms with Crippen LogP contribution in [-0.4, -0.2) is 23.7 Å². The lowest BCUT2D eigenvalue weighted by molar-refractivity contribution is -0.165. The lowest BCUT2D eigenvalue weighted by Gasteiger charge is -2.51. The van der Waals surface area contributed by atoms with Gasteiger partial charge in [0.1, 0.15) is 0 Å². The number of hydrogen-bond donors (Lipinski definition) is 1. The molecule has 0 radical (unpaired) electrons. The summed E-state index contributed by atoms with van der Waals surface area (Å²) < 4.78 is 5.89. The van der Waals surface area contributed by atoms with Crippen molar-refractivity contribution in [1.82, 2.24) is 0 Å². The summed E-state index contributed by atoms with van der Waals surface area (Å²) in [6.45, 7) is 14.2. The van der Waals surface area contributed by atoms with Crippen molar-refractivity contribution < 1.29 is 19.4 Å². The molecule has 2 saturated carbocycles. The third-order valence-electron chi connectivity index (χ3n) is 9.03. The first-order chi connectivity index (χ1) is 15.1. The number of carboxylic acid groups (broad SMARTS) is 1. The number of unbranched alkanes of at least 4 members (excludes halogenated alkanes) is 5. The van der Waals surface area contributed by atoms with Crippen molar-refractivity contribution in [2.45, 2.75) is 112 Å². The van der Waals surface area contributed by atoms with Gasteiger partial charge in [-0.1, -0.05) is 80.1 Å². The number of esters is 1. The molecule has 2 aliphatic carbocycles. The topological polar surface area (TPSA) is 63.6 Å². The molecule has 1 N–H and O–H groups in total. The zero-order valence-corrected chi connectivity index (χ0v) is 21.7. The first-order valence-electron chi connectivity index (χ1n) is 13.5. The van der Waals surface area contributed by atoms with E-state index < -0.39 is 17.8 Å². The highest BCUT2D eigenvalue weighted by molar-refractivity contribution is 5.81. The van der Waals surface area contributed by atoms with E-state index in [9.17, 15) is 14.7 Å². The molecule has 0 heterocycles. The average Bonchev–Trinajstić information content (AvgIpc) is 2.71. The highest BCUT2D eigenvalue weighted by Crippen LogP contribution is 2.52. The Balaban J connectivity index is 1.95. The minimum absolute atomic E-state index is 0.119. The van der Waals surface area contributed by atoms with Crippen molar-refractivity contribution in [3.8, 4) is 0 Å². The van der Waals surface area contributed by atoms with Gasteiger partial charge in [-0.3, -0.25) is 9.59 Å². The van der Waals surface area contributed by atoms with E-state index in [1.807, 2.05) is 0 Å². The highest BCUT2D eigenvalue weighted by atomic mass is 16.5. The number of carboxylic acids is 1. The summed E-state index contributed by atoms with van der Waals surface area (Å²) in [7, 11) is 0. The van der Waals surface area contributed by atoms with Crippen LogP contribution in [0.4, 0.5) is 0 Å². The van der Waals surface area contributed by atoms with Crippen molar-refractivity contribution in [1.29, 1.82) is 0 Å². The molecule has 186 valence electrons. The molecule has 32 heavy (non-hydrogen) atoms. The maximum absolute atomic E-state index is 12.9. The average molecular weight is 451 g/mol. The zero-order valence-electron chi connectivity index (χ0n) is 21.7. The second kappa shape index (κ2) is 12.4. The van der Waals surface area contributed by atoms with Gasteiger partial charge in [0.2, 0.25) is 0 Å². The first-order valence-corrected chi connectivity index (χ1v) is 13.5. The molecule has 0 amide bonds. The van der Waals surface area contributed by atoms with Gasteiger partial charge in [0.25, 0.3) is 0 Å². The van der Waals surface area contributed by atoms with Crippen LogP contribution in [0.1, 0.15) is 112 Å². The number of rotatable bonds is 11. The Labute approximate surface area is 197 Å². The number of ether oxygens (including phenoxy) is 1. The standard InChI is InChI=1S/C28H50O4/c1-7-8-9-10-11-12-13-24-20(3)17-21(4)25(28(24,5)6)18-32-27(31)22-15-14-19(2)16-23(22)26(29)30/h19-25H,7-18H2,1-6H3,(H,29,30). The summed E-state index contributed by atoms with van der Waals surface area (Å²) in [5.74, 6) is 0.341. The van der Waals surface area contributed by atoms with E-state index in [2.05, 4.69) is 41.5 Å². The Morgan fingerprint density at radius 2 is 1.50 bits per heavy atom. The van der Waals surface area contributed by atoms with Gasteiger partial charge in [-0.25, -0.2) is 0 Å². The van der Waals surface area contributed by atoms with Gasteiger partial charge in [0.15, 0.2) is 0 Å². The lowest BCUT2D eigenvalue weighted by atomic mass is 9.54. The molecule has 0 aromatic heterocycles. The smallest absolute Gasteiger partial charge is 0.309 e. The first kappa shape index (κ1) is 27.2. The fourth-order valence-corrected chi connectivity index (χ4v) is 7.05. The van der Waals surface area contributed by atoms with Crippen LogP contribution < -0.4 is 0 Å². The van der Waals surface area contributed by atoms with Crippen LogP contribution in [0.5, 0.6) is 0 Å². The molecule has 4 heteroatoms. The molecule has 0 spiro atoms. The number of carbonyl (C=O) groups is 2. The third-order valence-corrected chi connectivity index (χ3v) is 9.03. The Bertz CT molecular complexity index is 598. The van der Waals surface area contributed by atoms with E-state index in [-0.39, 0.29) is 11.4 Å². The third kappa shape index (κ3) is 6.97. The van der Waals surface area contributed by atoms with Gasteiger partial charge >= 0.3 is 11.9 Å². The monoisotopic (exact) mass is 450 g/mol. The number of aliphatic carboxylic acids is 1. The molecule has 2 fully saturated rings. The lowest BCUT2D eigenvalue weighted by Crippen LogP contribution is -2.47. The van der Waals surface area contributed by atoms with Gasteiger partial charge in [-0.05, 0) is 61.2 Å². The molecule has 2 aliphatic rings. The maximum atomic E-state index is 12.9. The largest absolute Gasteiger partial charge is 0.481 e. The summed E-state index contributed by atoms with van der Waals surface area (Å²) in [5, 5.41) is 9.62. The Morgan fingerprint density at radius 1 is 0.875 bits per heavy atom. The fourth-order valence-electron chi connectivity index (χ4n) is 7.05. The molecule has 0 aliphatic heterocycles. The molecule has 0 aromatic rings. The van der Waals surface area contributed by atoms with Gasteiger partial charge in [-0.15, -0.1) is 0 Å². The minimum Gasteiger partial charge on any atom is -0.481 e. The minimum atomic E-state index is -0.849. The normalized spacial score (nSPS) is 34.8. The number of hydrogen-bond acceptors (Lipinski definition) is 3. The molecular weight excluding hydrogens is 400 g/mol. The predicted octanol–water partition coefficient (Wildman–Crippen LogP) is 7.35. The van der Waals surface area contributed by atoms with E-state index in [1.165, 1.54) is 51.4 Å². The summed E-state index contributed by atoms with van der Waals surface area (Å²) in [5.41, 5.74) is 0.119. The van der Waals surface area contributed by atoms with Gasteiger partial charge < -0.3 is 9.84 Å². The maximum Gasteiger partial charge on any atom is 0.309 e. The van der Waals surface area contributed by atoms with E-state index in [1.54, 1.807) is 0 Å². The Hall–Kier alpha value is -1.06. The summed E-state index contributed by atoms with van der Waals surface area (Å²) in [6.07, 6.45) is 12.5. The van der Waals surface area contributed by atoms with Gasteiger partial charge in [-0.2, -0.15) is 0 Å². The van der Waals surface area contributed by atoms with E-state index in [0.29, 0.717) is 49.0 Å². The van der Waals surface area contributed by atoms with Gasteiger partial charge in [0, 0.05) is 5.92 Å². The fraction of sp³-hybridized carbons (Fsp3) is 0.929. The zero-order chi connectivity index (χ0) is 23.9. The molecule has 2 rings (SSSR count). The molecule has 7 unspecified atom stereocenters. The predicted molar refractivity (Wildman–Crippen MR) is 130 cm³/mol. The van der Waals surface area contributed by atoms with Crippen LogP contribution >= 0.6 is 0 Å². The summed E-state index contributed by atoms with van der Waals surface area (Å²) in [6, 6.07) is 0. The SMILES string of the molecule is CCCCCCCCC1C(C)CC(C)C(COC(=O)C2CCC(C)CC2C(=O)O)C1(C)C. The van der Waals surface area contributed by atoms with Crippen LogP contribution in [0, 0.1) is 46.8 Å². The molecular formula is C28H50O4.